The average molecular weight is 571 g/mol. The second-order valence-corrected chi connectivity index (χ2v) is 16.7. The highest BCUT2D eigenvalue weighted by Gasteiger charge is 2.53. The van der Waals surface area contributed by atoms with Gasteiger partial charge in [-0.2, -0.15) is 4.36 Å². The van der Waals surface area contributed by atoms with Crippen molar-refractivity contribution < 1.29 is 13.2 Å². The van der Waals surface area contributed by atoms with Crippen molar-refractivity contribution in [1.82, 2.24) is 19.3 Å². The highest BCUT2D eigenvalue weighted by atomic mass is 32.2. The van der Waals surface area contributed by atoms with E-state index in [1.807, 2.05) is 62.7 Å². The highest BCUT2D eigenvalue weighted by Crippen LogP contribution is 2.48. The average Bonchev–Trinajstić information content (AvgIpc) is 3.39. The minimum Gasteiger partial charge on any atom is -0.355 e. The Morgan fingerprint density at radius 3 is 2.38 bits per heavy atom. The summed E-state index contributed by atoms with van der Waals surface area (Å²) >= 11 is 0. The smallest absolute Gasteiger partial charge is 0.155 e. The molecular weight excluding hydrogens is 532 g/mol. The van der Waals surface area contributed by atoms with Gasteiger partial charge in [0.2, 0.25) is 0 Å². The third-order valence-electron chi connectivity index (χ3n) is 7.97. The van der Waals surface area contributed by atoms with Gasteiger partial charge >= 0.3 is 0 Å². The number of nitrogens with one attached hydrogen (secondary N) is 1. The summed E-state index contributed by atoms with van der Waals surface area (Å²) in [6.07, 6.45) is 10.9. The maximum Gasteiger partial charge on any atom is 0.155 e. The van der Waals surface area contributed by atoms with E-state index < -0.39 is 20.7 Å². The Hall–Kier alpha value is -2.63. The fourth-order valence-corrected chi connectivity index (χ4v) is 7.46. The highest BCUT2D eigenvalue weighted by molar-refractivity contribution is 7.92. The van der Waals surface area contributed by atoms with Crippen molar-refractivity contribution in [2.75, 3.05) is 30.5 Å². The van der Waals surface area contributed by atoms with E-state index in [-0.39, 0.29) is 27.9 Å². The molecule has 1 aliphatic carbocycles. The predicted octanol–water partition coefficient (Wildman–Crippen LogP) is 4.40. The predicted molar refractivity (Wildman–Crippen MR) is 158 cm³/mol. The van der Waals surface area contributed by atoms with Crippen molar-refractivity contribution in [3.05, 3.63) is 42.9 Å². The minimum absolute atomic E-state index is 0.0897. The first kappa shape index (κ1) is 27.9. The van der Waals surface area contributed by atoms with E-state index in [9.17, 15) is 13.2 Å². The van der Waals surface area contributed by atoms with Crippen LogP contribution in [0.2, 0.25) is 0 Å². The number of fused-ring (bicyclic) bond motifs is 1. The molecule has 0 unspecified atom stereocenters. The number of benzene rings is 1. The first-order chi connectivity index (χ1) is 18.3. The largest absolute Gasteiger partial charge is 0.355 e. The van der Waals surface area contributed by atoms with E-state index in [2.05, 4.69) is 14.0 Å². The van der Waals surface area contributed by atoms with Gasteiger partial charge in [0.05, 0.1) is 39.3 Å². The summed E-state index contributed by atoms with van der Waals surface area (Å²) in [5, 5.41) is 0.914. The van der Waals surface area contributed by atoms with E-state index in [1.165, 1.54) is 0 Å². The van der Waals surface area contributed by atoms with Crippen molar-refractivity contribution in [2.24, 2.45) is 15.7 Å². The van der Waals surface area contributed by atoms with Crippen LogP contribution in [-0.2, 0) is 25.5 Å². The van der Waals surface area contributed by atoms with Gasteiger partial charge in [0, 0.05) is 65.3 Å². The molecule has 0 radical (unpaired) electrons. The molecule has 3 atom stereocenters. The number of hydrogen-bond acceptors (Lipinski definition) is 7. The van der Waals surface area contributed by atoms with Gasteiger partial charge in [-0.25, -0.2) is 23.1 Å². The summed E-state index contributed by atoms with van der Waals surface area (Å²) in [7, 11) is -3.51. The van der Waals surface area contributed by atoms with Crippen LogP contribution in [0.1, 0.15) is 47.0 Å². The van der Waals surface area contributed by atoms with Crippen LogP contribution in [-0.4, -0.2) is 65.1 Å². The van der Waals surface area contributed by atoms with Crippen LogP contribution in [0.15, 0.2) is 47.2 Å². The molecule has 1 N–H and O–H groups in total. The zero-order chi connectivity index (χ0) is 28.2. The fraction of sp³-hybridized carbons (Fsp3) is 0.536. The van der Waals surface area contributed by atoms with Gasteiger partial charge in [-0.1, -0.05) is 13.0 Å². The van der Waals surface area contributed by atoms with Gasteiger partial charge in [0.1, 0.15) is 11.6 Å². The monoisotopic (exact) mass is 570 g/mol. The van der Waals surface area contributed by atoms with Gasteiger partial charge < -0.3 is 4.90 Å². The number of anilines is 1. The van der Waals surface area contributed by atoms with Crippen molar-refractivity contribution in [3.8, 4) is 5.82 Å². The number of aromatic nitrogens is 3. The first-order valence-corrected chi connectivity index (χ1v) is 16.8. The molecule has 0 bridgehead atoms. The van der Waals surface area contributed by atoms with Crippen LogP contribution in [0.25, 0.3) is 16.7 Å². The maximum absolute atomic E-state index is 12.9. The molecule has 3 aromatic rings. The maximum atomic E-state index is 12.9. The summed E-state index contributed by atoms with van der Waals surface area (Å²) in [6.45, 7) is 9.35. The third-order valence-corrected chi connectivity index (χ3v) is 10.2. The van der Waals surface area contributed by atoms with E-state index >= 15 is 0 Å². The number of piperidine rings is 1. The number of rotatable bonds is 5. The summed E-state index contributed by atoms with van der Waals surface area (Å²) in [5.74, 6) is 1.61. The summed E-state index contributed by atoms with van der Waals surface area (Å²) in [6, 6.07) is 7.63. The fourth-order valence-electron chi connectivity index (χ4n) is 5.79. The molecule has 3 heterocycles. The Balaban J connectivity index is 1.33. The summed E-state index contributed by atoms with van der Waals surface area (Å²) in [4.78, 5) is 24.4. The number of carbonyl (C=O) groups is 1. The zero-order valence-electron chi connectivity index (χ0n) is 23.5. The Kier molecular flexibility index (Phi) is 7.22. The number of ketones is 1. The van der Waals surface area contributed by atoms with Crippen molar-refractivity contribution >= 4 is 48.9 Å². The van der Waals surface area contributed by atoms with Crippen LogP contribution in [0.5, 0.6) is 0 Å². The van der Waals surface area contributed by atoms with Gasteiger partial charge in [-0.3, -0.25) is 9.36 Å². The van der Waals surface area contributed by atoms with Gasteiger partial charge in [0.15, 0.2) is 5.82 Å². The molecule has 1 saturated carbocycles. The van der Waals surface area contributed by atoms with Crippen LogP contribution in [0, 0.1) is 11.3 Å². The van der Waals surface area contributed by atoms with Crippen molar-refractivity contribution in [3.63, 3.8) is 0 Å². The molecule has 1 spiro atoms. The lowest BCUT2D eigenvalue weighted by molar-refractivity contribution is -0.120. The molecule has 2 aromatic heterocycles. The number of carbonyl (C=O) groups excluding carboxylic acids is 1. The van der Waals surface area contributed by atoms with Gasteiger partial charge in [0.25, 0.3) is 0 Å². The summed E-state index contributed by atoms with van der Waals surface area (Å²) in [5.41, 5.74) is 1.44. The van der Waals surface area contributed by atoms with E-state index in [0.717, 1.165) is 42.7 Å². The second-order valence-electron chi connectivity index (χ2n) is 12.2. The van der Waals surface area contributed by atoms with Crippen LogP contribution in [0.4, 0.5) is 11.5 Å². The lowest BCUT2D eigenvalue weighted by Crippen LogP contribution is -2.53. The molecule has 11 heteroatoms. The lowest BCUT2D eigenvalue weighted by atomic mass is 9.73. The molecule has 2 aliphatic rings. The van der Waals surface area contributed by atoms with Gasteiger partial charge in [-0.15, -0.1) is 0 Å². The third kappa shape index (κ3) is 5.53. The molecule has 5 rings (SSSR count). The minimum atomic E-state index is -2.28. The van der Waals surface area contributed by atoms with Crippen molar-refractivity contribution in [1.29, 1.82) is 0 Å². The number of hydrogen-bond donors (Lipinski definition) is 1. The molecule has 9 nitrogen and oxygen atoms in total. The Morgan fingerprint density at radius 2 is 1.77 bits per heavy atom. The van der Waals surface area contributed by atoms with E-state index in [4.69, 9.17) is 9.97 Å². The Labute approximate surface area is 233 Å². The topological polar surface area (TPSA) is 110 Å². The lowest BCUT2D eigenvalue weighted by Gasteiger charge is -2.44. The van der Waals surface area contributed by atoms with Crippen molar-refractivity contribution in [2.45, 2.75) is 57.7 Å². The number of nitrogens with zero attached hydrogens (tertiary/aromatic N) is 5. The molecule has 1 aliphatic heterocycles. The van der Waals surface area contributed by atoms with Crippen LogP contribution in [0.3, 0.4) is 0 Å². The molecule has 1 aromatic carbocycles. The molecule has 2 fully saturated rings. The van der Waals surface area contributed by atoms with E-state index in [1.54, 1.807) is 24.9 Å². The Morgan fingerprint density at radius 1 is 1.10 bits per heavy atom. The summed E-state index contributed by atoms with van der Waals surface area (Å²) < 4.78 is 34.5. The second kappa shape index (κ2) is 10.1. The first-order valence-electron chi connectivity index (χ1n) is 13.3. The van der Waals surface area contributed by atoms with Crippen LogP contribution < -0.4 is 9.62 Å². The molecule has 39 heavy (non-hydrogen) atoms. The Bertz CT molecular complexity index is 1530. The van der Waals surface area contributed by atoms with E-state index in [0.29, 0.717) is 17.9 Å². The molecule has 0 amide bonds. The number of Topliss-reactive ketones (excluding diaryl/α,β-unsaturated/α-hetero) is 1. The molecular formula is C28H38N6O3S2. The van der Waals surface area contributed by atoms with Gasteiger partial charge in [-0.05, 0) is 57.2 Å². The molecule has 210 valence electrons. The molecule has 1 saturated heterocycles. The zero-order valence-corrected chi connectivity index (χ0v) is 25.1. The standard InChI is InChI=1S/C28H38N6O3S2/c1-19-23(35)16-28(26(19)31-38(36)27(2,3)4)11-14-33(15-12-28)24-17-30-25(18-29-24)34-13-10-20-21(32-39(5,6)37)8-7-9-22(20)34/h7-10,13,17-19,26,31H,11-12,14-16H2,1-6H3/t19-,26+,38-/m1/s1. The normalized spacial score (nSPS) is 22.5. The van der Waals surface area contributed by atoms with Crippen LogP contribution >= 0.6 is 0 Å². The quantitative estimate of drug-likeness (QED) is 0.487. The SMILES string of the molecule is C[C@@H]1C(=O)CC2(CCN(c3cnc(-n4ccc5c(N=S(C)(C)=O)cccc54)cn3)CC2)[C@H]1N[S@](=O)C(C)(C)C.